The molecule has 3 N–H and O–H groups in total. The van der Waals surface area contributed by atoms with Crippen molar-refractivity contribution in [2.75, 3.05) is 6.61 Å². The fraction of sp³-hybridized carbons (Fsp3) is 0.750. The summed E-state index contributed by atoms with van der Waals surface area (Å²) in [4.78, 5) is 25.9. The molecule has 0 fully saturated rings. The van der Waals surface area contributed by atoms with Gasteiger partial charge in [-0.15, -0.1) is 0 Å². The van der Waals surface area contributed by atoms with E-state index in [1.165, 1.54) is 83.5 Å². The summed E-state index contributed by atoms with van der Waals surface area (Å²) in [6.45, 7) is 6.30. The predicted octanol–water partition coefficient (Wildman–Crippen LogP) is 12.9. The maximum Gasteiger partial charge on any atom is 0.306 e. The minimum Gasteiger partial charge on any atom is -0.462 e. The predicted molar refractivity (Wildman–Crippen MR) is 232 cm³/mol. The maximum absolute atomic E-state index is 13.1. The van der Waals surface area contributed by atoms with Gasteiger partial charge in [-0.25, -0.2) is 0 Å². The zero-order valence-electron chi connectivity index (χ0n) is 35.3. The molecule has 6 nitrogen and oxygen atoms in total. The smallest absolute Gasteiger partial charge is 0.306 e. The Balaban J connectivity index is 4.62. The third-order valence-corrected chi connectivity index (χ3v) is 9.87. The lowest BCUT2D eigenvalue weighted by Crippen LogP contribution is -2.46. The van der Waals surface area contributed by atoms with Crippen molar-refractivity contribution in [1.82, 2.24) is 5.32 Å². The fourth-order valence-corrected chi connectivity index (χ4v) is 6.48. The van der Waals surface area contributed by atoms with Crippen molar-refractivity contribution >= 4 is 11.9 Å². The van der Waals surface area contributed by atoms with Gasteiger partial charge in [0.1, 0.15) is 6.10 Å². The van der Waals surface area contributed by atoms with Gasteiger partial charge in [0.15, 0.2) is 0 Å². The first kappa shape index (κ1) is 51.6. The average molecular weight is 756 g/mol. The van der Waals surface area contributed by atoms with E-state index in [9.17, 15) is 19.8 Å². The van der Waals surface area contributed by atoms with Crippen molar-refractivity contribution in [3.63, 3.8) is 0 Å². The molecule has 0 aromatic carbocycles. The van der Waals surface area contributed by atoms with E-state index in [-0.39, 0.29) is 31.3 Å². The summed E-state index contributed by atoms with van der Waals surface area (Å²) < 4.78 is 5.84. The molecule has 0 rings (SSSR count). The van der Waals surface area contributed by atoms with E-state index in [0.29, 0.717) is 19.3 Å². The third kappa shape index (κ3) is 36.5. The van der Waals surface area contributed by atoms with Crippen LogP contribution in [0.3, 0.4) is 0 Å². The van der Waals surface area contributed by atoms with E-state index >= 15 is 0 Å². The first-order chi connectivity index (χ1) is 26.5. The minimum atomic E-state index is -0.797. The first-order valence-corrected chi connectivity index (χ1v) is 22.5. The summed E-state index contributed by atoms with van der Waals surface area (Å²) in [6.07, 6.45) is 50.1. The normalized spacial score (nSPS) is 13.9. The van der Waals surface area contributed by atoms with E-state index in [1.807, 2.05) is 6.08 Å². The van der Waals surface area contributed by atoms with Crippen LogP contribution in [0.4, 0.5) is 0 Å². The molecule has 1 amide bonds. The van der Waals surface area contributed by atoms with Crippen LogP contribution in [-0.4, -0.2) is 46.9 Å². The number of ether oxygens (including phenoxy) is 1. The zero-order valence-corrected chi connectivity index (χ0v) is 35.3. The van der Waals surface area contributed by atoms with Crippen LogP contribution in [0, 0.1) is 0 Å². The van der Waals surface area contributed by atoms with Crippen LogP contribution in [0.5, 0.6) is 0 Å². The summed E-state index contributed by atoms with van der Waals surface area (Å²) in [6, 6.07) is -0.713. The lowest BCUT2D eigenvalue weighted by atomic mass is 10.0. The van der Waals surface area contributed by atoms with E-state index in [2.05, 4.69) is 80.8 Å². The Morgan fingerprint density at radius 3 is 1.41 bits per heavy atom. The topological polar surface area (TPSA) is 95.9 Å². The number of allylic oxidation sites excluding steroid dienone is 10. The van der Waals surface area contributed by atoms with Gasteiger partial charge in [0.25, 0.3) is 0 Å². The number of unbranched alkanes of at least 4 members (excludes halogenated alkanes) is 17. The van der Waals surface area contributed by atoms with Gasteiger partial charge in [-0.05, 0) is 57.8 Å². The molecular weight excluding hydrogens is 671 g/mol. The Morgan fingerprint density at radius 1 is 0.556 bits per heavy atom. The monoisotopic (exact) mass is 756 g/mol. The van der Waals surface area contributed by atoms with Crippen LogP contribution < -0.4 is 5.32 Å². The number of rotatable bonds is 39. The largest absolute Gasteiger partial charge is 0.462 e. The van der Waals surface area contributed by atoms with Crippen molar-refractivity contribution in [2.45, 2.75) is 225 Å². The van der Waals surface area contributed by atoms with Gasteiger partial charge in [-0.3, -0.25) is 9.59 Å². The summed E-state index contributed by atoms with van der Waals surface area (Å²) in [5, 5.41) is 23.6. The van der Waals surface area contributed by atoms with Gasteiger partial charge in [0.2, 0.25) is 5.91 Å². The highest BCUT2D eigenvalue weighted by atomic mass is 16.5. The van der Waals surface area contributed by atoms with Crippen LogP contribution in [0.1, 0.15) is 207 Å². The summed E-state index contributed by atoms with van der Waals surface area (Å²) in [5.41, 5.74) is 0. The van der Waals surface area contributed by atoms with Gasteiger partial charge in [0, 0.05) is 6.42 Å². The highest BCUT2D eigenvalue weighted by Gasteiger charge is 2.24. The second-order valence-corrected chi connectivity index (χ2v) is 15.1. The maximum atomic E-state index is 13.1. The Labute approximate surface area is 333 Å². The lowest BCUT2D eigenvalue weighted by molar-refractivity contribution is -0.150. The van der Waals surface area contributed by atoms with Crippen LogP contribution in [0.15, 0.2) is 60.8 Å². The summed E-state index contributed by atoms with van der Waals surface area (Å²) >= 11 is 0. The molecule has 0 aliphatic heterocycles. The number of carbonyl (C=O) groups is 2. The number of esters is 1. The Kier molecular flexibility index (Phi) is 39.8. The number of aliphatic hydroxyl groups excluding tert-OH is 2. The Bertz CT molecular complexity index is 984. The summed E-state index contributed by atoms with van der Waals surface area (Å²) in [5.74, 6) is -0.578. The number of carbonyl (C=O) groups excluding carboxylic acids is 2. The molecule has 0 saturated carbocycles. The van der Waals surface area contributed by atoms with Crippen LogP contribution in [0.25, 0.3) is 0 Å². The van der Waals surface area contributed by atoms with E-state index in [4.69, 9.17) is 4.74 Å². The van der Waals surface area contributed by atoms with E-state index < -0.39 is 18.2 Å². The van der Waals surface area contributed by atoms with Gasteiger partial charge < -0.3 is 20.3 Å². The second-order valence-electron chi connectivity index (χ2n) is 15.1. The fourth-order valence-electron chi connectivity index (χ4n) is 6.48. The molecule has 312 valence electrons. The SMILES string of the molecule is CC/C=C/C/C=C/C/C=C/C/C=C/C/C=C/CCC(=O)OC(CCCCCCCCCC)CC(=O)NC(CO)C(O)CCCCCCCCCCCCC. The molecule has 0 aliphatic carbocycles. The van der Waals surface area contributed by atoms with Gasteiger partial charge in [0.05, 0.1) is 25.2 Å². The molecule has 0 bridgehead atoms. The van der Waals surface area contributed by atoms with Gasteiger partial charge >= 0.3 is 5.97 Å². The number of hydrogen-bond acceptors (Lipinski definition) is 5. The molecule has 0 heterocycles. The molecule has 3 atom stereocenters. The molecule has 54 heavy (non-hydrogen) atoms. The van der Waals surface area contributed by atoms with Crippen LogP contribution in [0.2, 0.25) is 0 Å². The lowest BCUT2D eigenvalue weighted by Gasteiger charge is -2.24. The van der Waals surface area contributed by atoms with Crippen molar-refractivity contribution in [3.8, 4) is 0 Å². The van der Waals surface area contributed by atoms with Crippen LogP contribution >= 0.6 is 0 Å². The molecule has 0 spiro atoms. The van der Waals surface area contributed by atoms with Crippen molar-refractivity contribution in [3.05, 3.63) is 60.8 Å². The zero-order chi connectivity index (χ0) is 39.6. The molecule has 0 aromatic rings. The number of amides is 1. The molecule has 0 saturated heterocycles. The summed E-state index contributed by atoms with van der Waals surface area (Å²) in [7, 11) is 0. The standard InChI is InChI=1S/C48H85NO5/c1-4-7-10-13-16-19-21-22-23-24-25-27-29-32-35-38-41-48(53)54-44(39-36-33-30-18-15-12-9-6-3)42-47(52)49-45(43-50)46(51)40-37-34-31-28-26-20-17-14-11-8-5-2/h7,10,16,19,22-23,25,27,32,35,44-46,50-51H,4-6,8-9,11-15,17-18,20-21,24,26,28-31,33-34,36-43H2,1-3H3,(H,49,52)/b10-7+,19-16+,23-22+,27-25+,35-32+. The molecule has 0 aromatic heterocycles. The number of nitrogens with one attached hydrogen (secondary N) is 1. The van der Waals surface area contributed by atoms with Crippen molar-refractivity contribution in [1.29, 1.82) is 0 Å². The Morgan fingerprint density at radius 2 is 0.963 bits per heavy atom. The molecule has 3 unspecified atom stereocenters. The first-order valence-electron chi connectivity index (χ1n) is 22.5. The highest BCUT2D eigenvalue weighted by molar-refractivity contribution is 5.77. The van der Waals surface area contributed by atoms with Crippen LogP contribution in [-0.2, 0) is 14.3 Å². The molecule has 0 radical (unpaired) electrons. The number of aliphatic hydroxyl groups is 2. The van der Waals surface area contributed by atoms with E-state index in [0.717, 1.165) is 70.6 Å². The Hall–Kier alpha value is -2.44. The van der Waals surface area contributed by atoms with Crippen molar-refractivity contribution < 1.29 is 24.5 Å². The molecular formula is C48H85NO5. The van der Waals surface area contributed by atoms with Gasteiger partial charge in [-0.1, -0.05) is 197 Å². The quantitative estimate of drug-likeness (QED) is 0.0330. The third-order valence-electron chi connectivity index (χ3n) is 9.87. The highest BCUT2D eigenvalue weighted by Crippen LogP contribution is 2.17. The number of hydrogen-bond donors (Lipinski definition) is 3. The average Bonchev–Trinajstić information content (AvgIpc) is 3.16. The van der Waals surface area contributed by atoms with Gasteiger partial charge in [-0.2, -0.15) is 0 Å². The molecule has 6 heteroatoms. The molecule has 0 aliphatic rings. The van der Waals surface area contributed by atoms with E-state index in [1.54, 1.807) is 0 Å². The minimum absolute atomic E-state index is 0.0472. The van der Waals surface area contributed by atoms with Crippen molar-refractivity contribution in [2.24, 2.45) is 0 Å². The second kappa shape index (κ2) is 41.7.